The molecule has 0 amide bonds. The number of carbonyl (C=O) groups is 1. The summed E-state index contributed by atoms with van der Waals surface area (Å²) in [6, 6.07) is 0. The average Bonchev–Trinajstić information content (AvgIpc) is 1.83. The van der Waals surface area contributed by atoms with E-state index < -0.39 is 16.6 Å². The highest BCUT2D eigenvalue weighted by Crippen LogP contribution is 2.28. The molecule has 0 aliphatic carbocycles. The molecule has 0 spiro atoms. The van der Waals surface area contributed by atoms with Crippen molar-refractivity contribution in [2.24, 2.45) is 5.73 Å². The summed E-state index contributed by atoms with van der Waals surface area (Å²) in [5, 5.41) is -1.22. The van der Waals surface area contributed by atoms with Crippen LogP contribution in [-0.4, -0.2) is 16.6 Å². The van der Waals surface area contributed by atoms with Crippen molar-refractivity contribution in [2.75, 3.05) is 0 Å². The Morgan fingerprint density at radius 3 is 2.08 bits per heavy atom. The van der Waals surface area contributed by atoms with Crippen molar-refractivity contribution in [3.63, 3.8) is 0 Å². The third kappa shape index (κ3) is 3.36. The molecule has 0 saturated heterocycles. The molecule has 1 unspecified atom stereocenters. The molecule has 0 bridgehead atoms. The number of carbonyl (C=O) groups excluding carboxylic acids is 1. The largest absolute Gasteiger partial charge is 0.438 e. The highest BCUT2D eigenvalue weighted by molar-refractivity contribution is 6.24. The average molecular weight is 206 g/mol. The molecule has 0 fully saturated rings. The Labute approximate surface area is 83.9 Å². The number of hydrogen-bond donors (Lipinski definition) is 1. The molecule has 0 rings (SSSR count). The van der Waals surface area contributed by atoms with Crippen molar-refractivity contribution in [1.29, 1.82) is 0 Å². The highest BCUT2D eigenvalue weighted by atomic mass is 35.5. The van der Waals surface area contributed by atoms with Crippen LogP contribution in [0.3, 0.4) is 0 Å². The number of nitrogens with two attached hydrogens (primary N) is 1. The van der Waals surface area contributed by atoms with Crippen molar-refractivity contribution in [1.82, 2.24) is 0 Å². The van der Waals surface area contributed by atoms with E-state index in [9.17, 15) is 4.79 Å². The lowest BCUT2D eigenvalue weighted by molar-refractivity contribution is -0.149. The van der Waals surface area contributed by atoms with Gasteiger partial charge in [0.25, 0.3) is 0 Å². The van der Waals surface area contributed by atoms with Gasteiger partial charge in [0.05, 0.1) is 5.54 Å². The maximum atomic E-state index is 11.1. The number of hydrogen-bond acceptors (Lipinski definition) is 3. The van der Waals surface area contributed by atoms with Crippen LogP contribution in [0.25, 0.3) is 0 Å². The minimum atomic E-state index is -1.22. The third-order valence-electron chi connectivity index (χ3n) is 1.78. The Hall–Kier alpha value is -0.540. The van der Waals surface area contributed by atoms with Gasteiger partial charge in [-0.2, -0.15) is 0 Å². The van der Waals surface area contributed by atoms with Gasteiger partial charge in [-0.05, 0) is 27.7 Å². The fraction of sp³-hybridized carbons (Fsp3) is 0.667. The van der Waals surface area contributed by atoms with Crippen LogP contribution >= 0.6 is 11.6 Å². The number of esters is 1. The topological polar surface area (TPSA) is 52.3 Å². The number of alkyl halides is 1. The van der Waals surface area contributed by atoms with Gasteiger partial charge >= 0.3 is 5.97 Å². The second-order valence-electron chi connectivity index (χ2n) is 3.81. The molecule has 0 aliphatic heterocycles. The summed E-state index contributed by atoms with van der Waals surface area (Å²) in [7, 11) is 0. The van der Waals surface area contributed by atoms with E-state index in [0.29, 0.717) is 5.57 Å². The summed E-state index contributed by atoms with van der Waals surface area (Å²) in [6.07, 6.45) is 0. The van der Waals surface area contributed by atoms with E-state index in [1.807, 2.05) is 0 Å². The molecule has 0 aromatic carbocycles. The lowest BCUT2D eigenvalue weighted by Crippen LogP contribution is -2.53. The van der Waals surface area contributed by atoms with E-state index in [1.165, 1.54) is 0 Å². The Balaban J connectivity index is 4.53. The molecule has 76 valence electrons. The predicted molar refractivity (Wildman–Crippen MR) is 53.4 cm³/mol. The molecular weight excluding hydrogens is 190 g/mol. The molecule has 4 heteroatoms. The van der Waals surface area contributed by atoms with Gasteiger partial charge in [-0.15, -0.1) is 0 Å². The second kappa shape index (κ2) is 3.68. The Kier molecular flexibility index (Phi) is 3.53. The van der Waals surface area contributed by atoms with Crippen LogP contribution in [0.5, 0.6) is 0 Å². The summed E-state index contributed by atoms with van der Waals surface area (Å²) in [5.74, 6) is -0.531. The SMILES string of the molecule is C=C(C)C(=O)OC(C)(Cl)C(C)(C)N. The van der Waals surface area contributed by atoms with E-state index in [-0.39, 0.29) is 0 Å². The van der Waals surface area contributed by atoms with Gasteiger partial charge in [0.15, 0.2) is 5.06 Å². The summed E-state index contributed by atoms with van der Waals surface area (Å²) in [4.78, 5) is 11.1. The van der Waals surface area contributed by atoms with Crippen molar-refractivity contribution < 1.29 is 9.53 Å². The monoisotopic (exact) mass is 205 g/mol. The first-order valence-electron chi connectivity index (χ1n) is 3.94. The fourth-order valence-electron chi connectivity index (χ4n) is 0.393. The maximum Gasteiger partial charge on any atom is 0.334 e. The molecule has 2 N–H and O–H groups in total. The van der Waals surface area contributed by atoms with E-state index in [0.717, 1.165) is 0 Å². The molecule has 0 saturated carbocycles. The number of rotatable bonds is 3. The Morgan fingerprint density at radius 2 is 1.85 bits per heavy atom. The van der Waals surface area contributed by atoms with Gasteiger partial charge in [0.1, 0.15) is 0 Å². The van der Waals surface area contributed by atoms with Gasteiger partial charge in [-0.3, -0.25) is 0 Å². The smallest absolute Gasteiger partial charge is 0.334 e. The van der Waals surface area contributed by atoms with E-state index in [1.54, 1.807) is 27.7 Å². The zero-order chi connectivity index (χ0) is 10.9. The van der Waals surface area contributed by atoms with Crippen LogP contribution in [0, 0.1) is 0 Å². The Bertz CT molecular complexity index is 228. The standard InChI is InChI=1S/C9H16ClNO2/c1-6(2)7(12)13-9(5,10)8(3,4)11/h1,11H2,2-5H3. The molecule has 0 aliphatic rings. The van der Waals surface area contributed by atoms with Crippen LogP contribution in [0.15, 0.2) is 12.2 Å². The summed E-state index contributed by atoms with van der Waals surface area (Å²) < 4.78 is 4.97. The highest BCUT2D eigenvalue weighted by Gasteiger charge is 2.40. The molecular formula is C9H16ClNO2. The molecule has 0 heterocycles. The normalized spacial score (nSPS) is 16.2. The first kappa shape index (κ1) is 12.5. The zero-order valence-electron chi connectivity index (χ0n) is 8.48. The van der Waals surface area contributed by atoms with Crippen molar-refractivity contribution in [3.05, 3.63) is 12.2 Å². The molecule has 3 nitrogen and oxygen atoms in total. The molecule has 0 radical (unpaired) electrons. The van der Waals surface area contributed by atoms with E-state index >= 15 is 0 Å². The lowest BCUT2D eigenvalue weighted by Gasteiger charge is -2.35. The molecule has 1 atom stereocenters. The van der Waals surface area contributed by atoms with Gasteiger partial charge in [0.2, 0.25) is 0 Å². The maximum absolute atomic E-state index is 11.1. The zero-order valence-corrected chi connectivity index (χ0v) is 9.23. The fourth-order valence-corrected chi connectivity index (χ4v) is 0.463. The predicted octanol–water partition coefficient (Wildman–Crippen LogP) is 1.80. The first-order chi connectivity index (χ1) is 5.58. The molecule has 0 aromatic rings. The van der Waals surface area contributed by atoms with Crippen LogP contribution < -0.4 is 5.73 Å². The van der Waals surface area contributed by atoms with Crippen LogP contribution in [-0.2, 0) is 9.53 Å². The van der Waals surface area contributed by atoms with Gasteiger partial charge in [-0.1, -0.05) is 18.2 Å². The summed E-state index contributed by atoms with van der Waals surface area (Å²) >= 11 is 5.94. The Morgan fingerprint density at radius 1 is 1.46 bits per heavy atom. The second-order valence-corrected chi connectivity index (χ2v) is 4.53. The third-order valence-corrected chi connectivity index (χ3v) is 2.35. The molecule has 0 aromatic heterocycles. The van der Waals surface area contributed by atoms with Crippen molar-refractivity contribution in [2.45, 2.75) is 38.3 Å². The quantitative estimate of drug-likeness (QED) is 0.434. The number of ether oxygens (including phenoxy) is 1. The summed E-state index contributed by atoms with van der Waals surface area (Å²) in [6.45, 7) is 9.93. The lowest BCUT2D eigenvalue weighted by atomic mass is 9.99. The van der Waals surface area contributed by atoms with Crippen LogP contribution in [0.1, 0.15) is 27.7 Å². The minimum absolute atomic E-state index is 0.302. The van der Waals surface area contributed by atoms with Crippen molar-refractivity contribution >= 4 is 17.6 Å². The minimum Gasteiger partial charge on any atom is -0.438 e. The number of halogens is 1. The van der Waals surface area contributed by atoms with Crippen LogP contribution in [0.4, 0.5) is 0 Å². The van der Waals surface area contributed by atoms with E-state index in [4.69, 9.17) is 22.1 Å². The molecule has 13 heavy (non-hydrogen) atoms. The van der Waals surface area contributed by atoms with Crippen molar-refractivity contribution in [3.8, 4) is 0 Å². The van der Waals surface area contributed by atoms with Gasteiger partial charge in [0, 0.05) is 5.57 Å². The van der Waals surface area contributed by atoms with Gasteiger partial charge < -0.3 is 10.5 Å². The first-order valence-corrected chi connectivity index (χ1v) is 4.32. The van der Waals surface area contributed by atoms with E-state index in [2.05, 4.69) is 6.58 Å². The van der Waals surface area contributed by atoms with Gasteiger partial charge in [-0.25, -0.2) is 4.79 Å². The van der Waals surface area contributed by atoms with Crippen LogP contribution in [0.2, 0.25) is 0 Å². The summed E-state index contributed by atoms with van der Waals surface area (Å²) in [5.41, 5.74) is 5.22.